The Bertz CT molecular complexity index is 1150. The van der Waals surface area contributed by atoms with Gasteiger partial charge in [0.1, 0.15) is 18.2 Å². The molecule has 0 amide bonds. The van der Waals surface area contributed by atoms with Crippen molar-refractivity contribution in [2.45, 2.75) is 58.5 Å². The average molecular weight is 581 g/mol. The van der Waals surface area contributed by atoms with Gasteiger partial charge in [-0.05, 0) is 103 Å². The molecule has 0 aliphatic carbocycles. The predicted octanol–water partition coefficient (Wildman–Crippen LogP) is 5.45. The van der Waals surface area contributed by atoms with Gasteiger partial charge in [-0.25, -0.2) is 0 Å². The number of aryl methyl sites for hydroxylation is 1. The summed E-state index contributed by atoms with van der Waals surface area (Å²) in [7, 11) is 8.68. The van der Waals surface area contributed by atoms with Crippen LogP contribution in [-0.4, -0.2) is 101 Å². The summed E-state index contributed by atoms with van der Waals surface area (Å²) >= 11 is 1.79. The first-order chi connectivity index (χ1) is 19.8. The van der Waals surface area contributed by atoms with Crippen LogP contribution >= 0.6 is 11.3 Å². The first-order valence-corrected chi connectivity index (χ1v) is 16.3. The van der Waals surface area contributed by atoms with Gasteiger partial charge in [-0.1, -0.05) is 12.1 Å². The number of anilines is 1. The Morgan fingerprint density at radius 1 is 1.02 bits per heavy atom. The Balaban J connectivity index is 1.58. The summed E-state index contributed by atoms with van der Waals surface area (Å²) in [6, 6.07) is 9.11. The zero-order chi connectivity index (χ0) is 29.2. The van der Waals surface area contributed by atoms with E-state index >= 15 is 0 Å². The van der Waals surface area contributed by atoms with E-state index in [9.17, 15) is 0 Å². The molecule has 0 atom stereocenters. The highest BCUT2D eigenvalue weighted by Gasteiger charge is 2.23. The molecule has 2 aromatic rings. The predicted molar refractivity (Wildman–Crippen MR) is 176 cm³/mol. The molecule has 3 aliphatic rings. The average Bonchev–Trinajstić information content (AvgIpc) is 3.38. The third-order valence-electron chi connectivity index (χ3n) is 8.22. The summed E-state index contributed by atoms with van der Waals surface area (Å²) in [6.07, 6.45) is 7.97. The molecule has 7 nitrogen and oxygen atoms in total. The maximum atomic E-state index is 6.39. The van der Waals surface area contributed by atoms with E-state index in [2.05, 4.69) is 103 Å². The highest BCUT2D eigenvalue weighted by molar-refractivity contribution is 7.12. The van der Waals surface area contributed by atoms with Crippen molar-refractivity contribution < 1.29 is 4.74 Å². The molecule has 1 fully saturated rings. The number of ether oxygens (including phenoxy) is 1. The number of benzene rings is 1. The molecule has 1 saturated heterocycles. The van der Waals surface area contributed by atoms with Crippen LogP contribution in [0.3, 0.4) is 0 Å². The van der Waals surface area contributed by atoms with E-state index in [4.69, 9.17) is 9.73 Å². The Morgan fingerprint density at radius 3 is 2.56 bits per heavy atom. The number of nitrogens with one attached hydrogen (secondary N) is 1. The van der Waals surface area contributed by atoms with Gasteiger partial charge in [0, 0.05) is 63.3 Å². The van der Waals surface area contributed by atoms with E-state index in [0.29, 0.717) is 12.6 Å². The zero-order valence-corrected chi connectivity index (χ0v) is 27.1. The fraction of sp³-hybridized carbons (Fsp3) is 0.606. The number of allylic oxidation sites excluding steroid dienone is 2. The van der Waals surface area contributed by atoms with Gasteiger partial charge in [-0.2, -0.15) is 0 Å². The molecular formula is C33H52N6OS. The van der Waals surface area contributed by atoms with Crippen molar-refractivity contribution in [1.29, 1.82) is 0 Å². The second-order valence-electron chi connectivity index (χ2n) is 12.1. The van der Waals surface area contributed by atoms with Gasteiger partial charge >= 0.3 is 0 Å². The lowest BCUT2D eigenvalue weighted by molar-refractivity contribution is 0.201. The summed E-state index contributed by atoms with van der Waals surface area (Å²) in [5.41, 5.74) is 5.10. The van der Waals surface area contributed by atoms with Crippen LogP contribution in [0.15, 0.2) is 46.4 Å². The number of thiophene rings is 1. The van der Waals surface area contributed by atoms with Gasteiger partial charge in [-0.15, -0.1) is 11.3 Å². The van der Waals surface area contributed by atoms with E-state index in [1.807, 2.05) is 0 Å². The first kappa shape index (κ1) is 31.5. The maximum Gasteiger partial charge on any atom is 0.143 e. The number of likely N-dealkylation sites (N-methyl/N-ethyl adjacent to an activating group) is 3. The van der Waals surface area contributed by atoms with Crippen LogP contribution in [0.2, 0.25) is 0 Å². The van der Waals surface area contributed by atoms with Crippen LogP contribution in [0.5, 0.6) is 5.75 Å². The van der Waals surface area contributed by atoms with E-state index in [1.165, 1.54) is 40.2 Å². The number of amidine groups is 1. The fourth-order valence-electron chi connectivity index (χ4n) is 5.56. The summed E-state index contributed by atoms with van der Waals surface area (Å²) in [5, 5.41) is 5.88. The number of hydrogen-bond acceptors (Lipinski definition) is 8. The molecule has 0 saturated carbocycles. The first-order valence-electron chi connectivity index (χ1n) is 15.4. The van der Waals surface area contributed by atoms with Gasteiger partial charge in [0.25, 0.3) is 0 Å². The molecule has 1 aromatic carbocycles. The Kier molecular flexibility index (Phi) is 12.1. The van der Waals surface area contributed by atoms with Crippen LogP contribution in [0.4, 0.5) is 5.69 Å². The molecule has 5 rings (SSSR count). The minimum Gasteiger partial charge on any atom is -0.492 e. The molecule has 1 aromatic heterocycles. The molecule has 3 aliphatic heterocycles. The second-order valence-corrected chi connectivity index (χ2v) is 13.0. The summed E-state index contributed by atoms with van der Waals surface area (Å²) in [6.45, 7) is 12.1. The molecule has 4 heterocycles. The highest BCUT2D eigenvalue weighted by Crippen LogP contribution is 2.32. The van der Waals surface area contributed by atoms with Gasteiger partial charge < -0.3 is 24.8 Å². The molecule has 0 unspecified atom stereocenters. The smallest absolute Gasteiger partial charge is 0.143 e. The monoisotopic (exact) mass is 580 g/mol. The number of aliphatic imine (C=N–C) groups is 1. The van der Waals surface area contributed by atoms with E-state index < -0.39 is 0 Å². The summed E-state index contributed by atoms with van der Waals surface area (Å²) < 4.78 is 6.39. The lowest BCUT2D eigenvalue weighted by Crippen LogP contribution is -2.37. The maximum absolute atomic E-state index is 6.39. The molecular weight excluding hydrogens is 528 g/mol. The standard InChI is InChI=1S/C33H52N6OS/c1-26-16-24-41-32(26)33-34-27(2)11-8-7-9-17-37(5)20-21-38(6)30-12-10-13-31(40-23-22-36(3)4)29(30)25-39-18-14-28(35-33)15-19-39/h10-13,16,24,28H,7-9,14-15,17-23,25H2,1-6H3,(H,34,35)/b27-11-. The quantitative estimate of drug-likeness (QED) is 0.507. The molecule has 8 heteroatoms. The van der Waals surface area contributed by atoms with Gasteiger partial charge in [0.05, 0.1) is 10.9 Å². The van der Waals surface area contributed by atoms with Crippen LogP contribution in [0.25, 0.3) is 0 Å². The van der Waals surface area contributed by atoms with Gasteiger partial charge in [0.2, 0.25) is 0 Å². The molecule has 0 radical (unpaired) electrons. The number of fused-ring (bicyclic) bond motifs is 12. The van der Waals surface area contributed by atoms with Crippen LogP contribution in [-0.2, 0) is 6.54 Å². The van der Waals surface area contributed by atoms with Crippen LogP contribution in [0.1, 0.15) is 55.0 Å². The van der Waals surface area contributed by atoms with E-state index in [0.717, 1.165) is 76.7 Å². The number of piperidine rings is 1. The summed E-state index contributed by atoms with van der Waals surface area (Å²) in [5.74, 6) is 2.07. The van der Waals surface area contributed by atoms with Crippen molar-refractivity contribution in [2.75, 3.05) is 79.0 Å². The molecule has 41 heavy (non-hydrogen) atoms. The lowest BCUT2D eigenvalue weighted by atomic mass is 10.0. The van der Waals surface area contributed by atoms with Gasteiger partial charge in [-0.3, -0.25) is 9.89 Å². The van der Waals surface area contributed by atoms with Crippen LogP contribution in [0, 0.1) is 6.92 Å². The fourth-order valence-corrected chi connectivity index (χ4v) is 6.43. The van der Waals surface area contributed by atoms with Crippen molar-refractivity contribution in [3.8, 4) is 5.75 Å². The van der Waals surface area contributed by atoms with Crippen molar-refractivity contribution in [1.82, 2.24) is 20.0 Å². The van der Waals surface area contributed by atoms with Crippen molar-refractivity contribution >= 4 is 22.9 Å². The minimum atomic E-state index is 0.331. The Labute approximate surface area is 252 Å². The number of nitrogens with zero attached hydrogens (tertiary/aromatic N) is 5. The third kappa shape index (κ3) is 9.57. The SMILES string of the molecule is C/C1=C/CCCCN(C)CCN(C)c2cccc(OCCN(C)C)c2CN2CCC(CC2)N=C(c2sccc2C)N1. The van der Waals surface area contributed by atoms with Crippen molar-refractivity contribution in [3.05, 3.63) is 57.4 Å². The second kappa shape index (κ2) is 15.7. The molecule has 226 valence electrons. The normalized spacial score (nSPS) is 23.3. The topological polar surface area (TPSA) is 46.6 Å². The number of hydrogen-bond donors (Lipinski definition) is 1. The number of rotatable bonds is 5. The Morgan fingerprint density at radius 2 is 1.83 bits per heavy atom. The van der Waals surface area contributed by atoms with E-state index in [-0.39, 0.29) is 0 Å². The largest absolute Gasteiger partial charge is 0.492 e. The van der Waals surface area contributed by atoms with E-state index in [1.54, 1.807) is 11.3 Å². The van der Waals surface area contributed by atoms with Gasteiger partial charge in [0.15, 0.2) is 0 Å². The third-order valence-corrected chi connectivity index (χ3v) is 9.24. The highest BCUT2D eigenvalue weighted by atomic mass is 32.1. The Hall–Kier alpha value is -2.39. The minimum absolute atomic E-state index is 0.331. The lowest BCUT2D eigenvalue weighted by Gasteiger charge is -2.33. The molecule has 2 bridgehead atoms. The zero-order valence-electron chi connectivity index (χ0n) is 26.3. The van der Waals surface area contributed by atoms with Crippen molar-refractivity contribution in [2.24, 2.45) is 4.99 Å². The molecule has 1 N–H and O–H groups in total. The van der Waals surface area contributed by atoms with Crippen molar-refractivity contribution in [3.63, 3.8) is 0 Å². The summed E-state index contributed by atoms with van der Waals surface area (Å²) in [4.78, 5) is 16.2. The van der Waals surface area contributed by atoms with Crippen LogP contribution < -0.4 is 15.0 Å². The molecule has 0 spiro atoms.